The summed E-state index contributed by atoms with van der Waals surface area (Å²) < 4.78 is 24.7. The van der Waals surface area contributed by atoms with Gasteiger partial charge in [-0.2, -0.15) is 0 Å². The Bertz CT molecular complexity index is 1210. The van der Waals surface area contributed by atoms with Crippen molar-refractivity contribution in [2.75, 3.05) is 12.5 Å². The number of amides is 4. The fraction of sp³-hybridized carbons (Fsp3) is 0.240. The molecule has 0 aliphatic carbocycles. The predicted molar refractivity (Wildman–Crippen MR) is 137 cm³/mol. The molecule has 0 fully saturated rings. The summed E-state index contributed by atoms with van der Waals surface area (Å²) in [6.45, 7) is 3.69. The predicted octanol–water partition coefficient (Wildman–Crippen LogP) is 4.62. The number of methoxy groups -OCH3 is 1. The molecule has 1 aromatic heterocycles. The number of imide groups is 1. The molecule has 10 nitrogen and oxygen atoms in total. The molecule has 0 saturated heterocycles. The average molecular weight is 531 g/mol. The van der Waals surface area contributed by atoms with Gasteiger partial charge in [0.15, 0.2) is 11.6 Å². The number of pyridine rings is 1. The van der Waals surface area contributed by atoms with E-state index in [-0.39, 0.29) is 24.9 Å². The van der Waals surface area contributed by atoms with Crippen molar-refractivity contribution in [2.45, 2.75) is 33.0 Å². The molecular formula is C25H28ClFN6O4. The first-order valence-corrected chi connectivity index (χ1v) is 11.7. The monoisotopic (exact) mass is 530 g/mol. The standard InChI is InChI=1S/C25H28ClFN6O4/c1-16(2)37-22-9-8-20(13-21(22)27)30-32-31-25(35)33(15-18-10-11-28-23(12-18)36-3)24(34)29-14-17-4-6-19(26)7-5-17/h4-13,16,30,32H,14-15H2,1-3H3,(H,29,34)(H,31,35). The van der Waals surface area contributed by atoms with Gasteiger partial charge in [0.2, 0.25) is 5.88 Å². The van der Waals surface area contributed by atoms with Crippen molar-refractivity contribution in [1.82, 2.24) is 26.2 Å². The Kier molecular flexibility index (Phi) is 9.87. The number of rotatable bonds is 10. The molecule has 0 unspecified atom stereocenters. The van der Waals surface area contributed by atoms with Gasteiger partial charge in [-0.15, -0.1) is 5.53 Å². The summed E-state index contributed by atoms with van der Waals surface area (Å²) in [5.41, 5.74) is 9.26. The van der Waals surface area contributed by atoms with E-state index in [1.807, 2.05) is 0 Å². The van der Waals surface area contributed by atoms with Crippen molar-refractivity contribution in [3.8, 4) is 11.6 Å². The SMILES string of the molecule is COc1cc(CN(C(=O)NCc2ccc(Cl)cc2)C(=O)NNNc2ccc(OC(C)C)c(F)c2)ccn1. The van der Waals surface area contributed by atoms with Gasteiger partial charge >= 0.3 is 12.1 Å². The van der Waals surface area contributed by atoms with Gasteiger partial charge in [0.05, 0.1) is 25.4 Å². The van der Waals surface area contributed by atoms with E-state index in [1.165, 1.54) is 25.4 Å². The van der Waals surface area contributed by atoms with E-state index in [1.54, 1.807) is 56.3 Å². The molecule has 0 aliphatic rings. The van der Waals surface area contributed by atoms with Crippen molar-refractivity contribution >= 4 is 29.4 Å². The van der Waals surface area contributed by atoms with E-state index >= 15 is 0 Å². The van der Waals surface area contributed by atoms with Gasteiger partial charge in [0, 0.05) is 29.9 Å². The maximum atomic E-state index is 14.2. The summed E-state index contributed by atoms with van der Waals surface area (Å²) in [6.07, 6.45) is 1.33. The molecule has 196 valence electrons. The lowest BCUT2D eigenvalue weighted by molar-refractivity contribution is 0.181. The van der Waals surface area contributed by atoms with Crippen LogP contribution in [0.4, 0.5) is 19.7 Å². The highest BCUT2D eigenvalue weighted by Gasteiger charge is 2.22. The van der Waals surface area contributed by atoms with Crippen LogP contribution in [-0.2, 0) is 13.1 Å². The smallest absolute Gasteiger partial charge is 0.341 e. The van der Waals surface area contributed by atoms with E-state index in [9.17, 15) is 14.0 Å². The number of halogens is 2. The quantitative estimate of drug-likeness (QED) is 0.282. The molecule has 4 N–H and O–H groups in total. The Morgan fingerprint density at radius 2 is 1.81 bits per heavy atom. The molecule has 37 heavy (non-hydrogen) atoms. The Morgan fingerprint density at radius 1 is 1.05 bits per heavy atom. The van der Waals surface area contributed by atoms with Gasteiger partial charge in [-0.25, -0.2) is 23.9 Å². The Morgan fingerprint density at radius 3 is 2.49 bits per heavy atom. The number of benzene rings is 2. The molecule has 0 radical (unpaired) electrons. The number of nitrogens with zero attached hydrogens (tertiary/aromatic N) is 2. The second-order valence-electron chi connectivity index (χ2n) is 8.07. The average Bonchev–Trinajstić information content (AvgIpc) is 2.88. The normalized spacial score (nSPS) is 10.5. The van der Waals surface area contributed by atoms with Crippen LogP contribution in [0.25, 0.3) is 0 Å². The van der Waals surface area contributed by atoms with Crippen LogP contribution in [0.2, 0.25) is 5.02 Å². The molecule has 0 spiro atoms. The lowest BCUT2D eigenvalue weighted by Gasteiger charge is -2.22. The zero-order valence-corrected chi connectivity index (χ0v) is 21.3. The molecule has 0 bridgehead atoms. The van der Waals surface area contributed by atoms with E-state index in [0.717, 1.165) is 10.5 Å². The largest absolute Gasteiger partial charge is 0.488 e. The van der Waals surface area contributed by atoms with Crippen LogP contribution in [0.15, 0.2) is 60.8 Å². The number of aromatic nitrogens is 1. The third-order valence-electron chi connectivity index (χ3n) is 4.87. The zero-order valence-electron chi connectivity index (χ0n) is 20.5. The number of hydrazine groups is 2. The molecule has 4 amide bonds. The van der Waals surface area contributed by atoms with Crippen LogP contribution in [0.5, 0.6) is 11.6 Å². The van der Waals surface area contributed by atoms with E-state index < -0.39 is 17.9 Å². The number of carbonyl (C=O) groups excluding carboxylic acids is 2. The summed E-state index contributed by atoms with van der Waals surface area (Å²) in [4.78, 5) is 30.9. The van der Waals surface area contributed by atoms with Crippen LogP contribution in [0, 0.1) is 5.82 Å². The minimum atomic E-state index is -0.767. The lowest BCUT2D eigenvalue weighted by atomic mass is 10.2. The first kappa shape index (κ1) is 27.5. The minimum absolute atomic E-state index is 0.0747. The number of urea groups is 2. The number of carbonyl (C=O) groups is 2. The number of nitrogens with one attached hydrogen (secondary N) is 4. The molecule has 0 saturated carbocycles. The van der Waals surface area contributed by atoms with Crippen LogP contribution < -0.4 is 31.2 Å². The van der Waals surface area contributed by atoms with Gasteiger partial charge in [-0.05, 0) is 55.3 Å². The van der Waals surface area contributed by atoms with E-state index in [2.05, 4.69) is 26.7 Å². The van der Waals surface area contributed by atoms with Crippen molar-refractivity contribution in [1.29, 1.82) is 0 Å². The Labute approximate surface area is 219 Å². The van der Waals surface area contributed by atoms with Gasteiger partial charge in [0.1, 0.15) is 0 Å². The molecule has 3 aromatic rings. The molecule has 12 heteroatoms. The van der Waals surface area contributed by atoms with Crippen molar-refractivity contribution < 1.29 is 23.5 Å². The van der Waals surface area contributed by atoms with Crippen LogP contribution >= 0.6 is 11.6 Å². The maximum Gasteiger partial charge on any atom is 0.341 e. The van der Waals surface area contributed by atoms with Crippen molar-refractivity contribution in [3.63, 3.8) is 0 Å². The summed E-state index contributed by atoms with van der Waals surface area (Å²) in [7, 11) is 1.47. The molecular weight excluding hydrogens is 503 g/mol. The summed E-state index contributed by atoms with van der Waals surface area (Å²) in [6, 6.07) is 13.0. The van der Waals surface area contributed by atoms with Crippen LogP contribution in [0.1, 0.15) is 25.0 Å². The maximum absolute atomic E-state index is 14.2. The van der Waals surface area contributed by atoms with Crippen molar-refractivity contribution in [2.24, 2.45) is 0 Å². The third-order valence-corrected chi connectivity index (χ3v) is 5.12. The van der Waals surface area contributed by atoms with E-state index in [0.29, 0.717) is 22.2 Å². The third kappa shape index (κ3) is 8.51. The number of anilines is 1. The topological polar surface area (TPSA) is 117 Å². The first-order valence-electron chi connectivity index (χ1n) is 11.3. The highest BCUT2D eigenvalue weighted by molar-refractivity contribution is 6.30. The minimum Gasteiger partial charge on any atom is -0.488 e. The Hall–Kier alpha value is -4.09. The summed E-state index contributed by atoms with van der Waals surface area (Å²) in [5, 5.41) is 3.28. The number of ether oxygens (including phenoxy) is 2. The van der Waals surface area contributed by atoms with Gasteiger partial charge in [-0.3, -0.25) is 5.43 Å². The van der Waals surface area contributed by atoms with Gasteiger partial charge < -0.3 is 20.2 Å². The molecule has 3 rings (SSSR count). The highest BCUT2D eigenvalue weighted by Crippen LogP contribution is 2.21. The fourth-order valence-corrected chi connectivity index (χ4v) is 3.23. The first-order chi connectivity index (χ1) is 17.7. The highest BCUT2D eigenvalue weighted by atomic mass is 35.5. The molecule has 1 heterocycles. The zero-order chi connectivity index (χ0) is 26.8. The fourth-order valence-electron chi connectivity index (χ4n) is 3.11. The number of hydrogen-bond donors (Lipinski definition) is 4. The second-order valence-corrected chi connectivity index (χ2v) is 8.51. The second kappa shape index (κ2) is 13.3. The van der Waals surface area contributed by atoms with Crippen molar-refractivity contribution in [3.05, 3.63) is 82.8 Å². The van der Waals surface area contributed by atoms with Gasteiger partial charge in [-0.1, -0.05) is 23.7 Å². The lowest BCUT2D eigenvalue weighted by Crippen LogP contribution is -2.52. The Balaban J connectivity index is 1.65. The van der Waals surface area contributed by atoms with Crippen LogP contribution in [-0.4, -0.2) is 35.2 Å². The summed E-state index contributed by atoms with van der Waals surface area (Å²) in [5.74, 6) is -0.117. The molecule has 0 atom stereocenters. The molecule has 0 aliphatic heterocycles. The molecule has 2 aromatic carbocycles. The van der Waals surface area contributed by atoms with Crippen LogP contribution in [0.3, 0.4) is 0 Å². The summed E-state index contributed by atoms with van der Waals surface area (Å²) >= 11 is 5.91. The van der Waals surface area contributed by atoms with E-state index in [4.69, 9.17) is 21.1 Å². The number of hydrogen-bond acceptors (Lipinski definition) is 7. The van der Waals surface area contributed by atoms with Gasteiger partial charge in [0.25, 0.3) is 0 Å².